The predicted molar refractivity (Wildman–Crippen MR) is 107 cm³/mol. The monoisotopic (exact) mass is 402 g/mol. The van der Waals surface area contributed by atoms with E-state index >= 15 is 0 Å². The Balaban J connectivity index is 1.45. The van der Waals surface area contributed by atoms with Crippen molar-refractivity contribution in [3.8, 4) is 0 Å². The second-order valence-corrected chi connectivity index (χ2v) is 9.39. The summed E-state index contributed by atoms with van der Waals surface area (Å²) in [6, 6.07) is 10.4. The van der Waals surface area contributed by atoms with Gasteiger partial charge in [-0.05, 0) is 19.4 Å². The summed E-state index contributed by atoms with van der Waals surface area (Å²) >= 11 is 1.60. The van der Waals surface area contributed by atoms with Gasteiger partial charge in [-0.1, -0.05) is 37.3 Å². The number of β-lactam (4-membered cyclic amide) rings is 1. The Kier molecular flexibility index (Phi) is 5.02. The molecule has 3 heterocycles. The maximum Gasteiger partial charge on any atom is 0.353 e. The summed E-state index contributed by atoms with van der Waals surface area (Å²) in [5.41, 5.74) is 1.40. The second-order valence-electron chi connectivity index (χ2n) is 8.05. The second kappa shape index (κ2) is 7.21. The van der Waals surface area contributed by atoms with Crippen LogP contribution in [0.15, 0.2) is 40.9 Å². The summed E-state index contributed by atoms with van der Waals surface area (Å²) in [6.07, 6.45) is -0.762. The third-order valence-corrected chi connectivity index (χ3v) is 7.76. The van der Waals surface area contributed by atoms with Gasteiger partial charge >= 0.3 is 5.97 Å². The summed E-state index contributed by atoms with van der Waals surface area (Å²) in [4.78, 5) is 28.8. The van der Waals surface area contributed by atoms with Crippen molar-refractivity contribution >= 4 is 23.6 Å². The van der Waals surface area contributed by atoms with Gasteiger partial charge in [-0.3, -0.25) is 9.69 Å². The molecule has 0 radical (unpaired) electrons. The van der Waals surface area contributed by atoms with Crippen LogP contribution in [0.1, 0.15) is 32.4 Å². The Hall–Kier alpha value is -1.83. The molecule has 0 aliphatic carbocycles. The number of rotatable bonds is 6. The van der Waals surface area contributed by atoms with Gasteiger partial charge in [-0.15, -0.1) is 11.8 Å². The lowest BCUT2D eigenvalue weighted by Gasteiger charge is -2.46. The number of likely N-dealkylation sites (tertiary alicyclic amines) is 1. The number of nitrogens with zero attached hydrogens (tertiary/aromatic N) is 2. The smallest absolute Gasteiger partial charge is 0.353 e. The van der Waals surface area contributed by atoms with Crippen LogP contribution in [-0.2, 0) is 9.59 Å². The van der Waals surface area contributed by atoms with E-state index in [-0.39, 0.29) is 23.6 Å². The number of aliphatic hydroxyl groups is 1. The van der Waals surface area contributed by atoms with Crippen molar-refractivity contribution < 1.29 is 19.8 Å². The third-order valence-electron chi connectivity index (χ3n) is 6.31. The van der Waals surface area contributed by atoms with Crippen LogP contribution in [0.4, 0.5) is 0 Å². The standard InChI is InChI=1S/C21H26N2O4S/c1-11-17-16(13(3)24)20(25)23(17)18(21(26)27)19(11)28-15-9-22(10-15)12(2)14-7-5-4-6-8-14/h4-8,11-13,15-17,24H,9-10H2,1-3H3,(H,26,27)/t11-,12-,13-,16-,17-/m1/s1. The molecular formula is C21H26N2O4S. The molecule has 2 fully saturated rings. The Morgan fingerprint density at radius 1 is 1.21 bits per heavy atom. The first kappa shape index (κ1) is 19.5. The van der Waals surface area contributed by atoms with Crippen molar-refractivity contribution in [3.05, 3.63) is 46.5 Å². The highest BCUT2D eigenvalue weighted by Gasteiger charge is 2.60. The molecule has 3 aliphatic heterocycles. The zero-order valence-electron chi connectivity index (χ0n) is 16.3. The molecule has 7 heteroatoms. The molecule has 6 nitrogen and oxygen atoms in total. The fourth-order valence-corrected chi connectivity index (χ4v) is 6.20. The van der Waals surface area contributed by atoms with Crippen molar-refractivity contribution in [1.82, 2.24) is 9.80 Å². The molecule has 0 spiro atoms. The number of thioether (sulfide) groups is 1. The van der Waals surface area contributed by atoms with Crippen molar-refractivity contribution in [1.29, 1.82) is 0 Å². The molecule has 0 saturated carbocycles. The molecule has 1 aromatic carbocycles. The molecule has 3 aliphatic rings. The molecule has 150 valence electrons. The van der Waals surface area contributed by atoms with Gasteiger partial charge in [-0.25, -0.2) is 4.79 Å². The average Bonchev–Trinajstić information content (AvgIpc) is 2.86. The molecule has 2 N–H and O–H groups in total. The van der Waals surface area contributed by atoms with Crippen LogP contribution < -0.4 is 0 Å². The van der Waals surface area contributed by atoms with E-state index in [1.165, 1.54) is 10.5 Å². The molecule has 1 amide bonds. The van der Waals surface area contributed by atoms with Gasteiger partial charge < -0.3 is 15.1 Å². The largest absolute Gasteiger partial charge is 0.477 e. The van der Waals surface area contributed by atoms with Crippen molar-refractivity contribution in [3.63, 3.8) is 0 Å². The van der Waals surface area contributed by atoms with Gasteiger partial charge in [0.15, 0.2) is 0 Å². The quantitative estimate of drug-likeness (QED) is 0.711. The van der Waals surface area contributed by atoms with Crippen LogP contribution in [-0.4, -0.2) is 62.4 Å². The van der Waals surface area contributed by atoms with Crippen LogP contribution in [0.5, 0.6) is 0 Å². The first-order chi connectivity index (χ1) is 13.3. The van der Waals surface area contributed by atoms with Crippen molar-refractivity contribution in [2.75, 3.05) is 13.1 Å². The van der Waals surface area contributed by atoms with Crippen LogP contribution in [0, 0.1) is 11.8 Å². The lowest BCUT2D eigenvalue weighted by molar-refractivity contribution is -0.163. The highest BCUT2D eigenvalue weighted by Crippen LogP contribution is 2.52. The summed E-state index contributed by atoms with van der Waals surface area (Å²) in [5.74, 6) is -1.89. The van der Waals surface area contributed by atoms with Crippen molar-refractivity contribution in [2.45, 2.75) is 44.2 Å². The minimum absolute atomic E-state index is 0.0611. The van der Waals surface area contributed by atoms with E-state index in [1.54, 1.807) is 18.7 Å². The molecular weight excluding hydrogens is 376 g/mol. The molecule has 0 bridgehead atoms. The zero-order valence-corrected chi connectivity index (χ0v) is 17.1. The van der Waals surface area contributed by atoms with E-state index in [4.69, 9.17) is 0 Å². The highest BCUT2D eigenvalue weighted by molar-refractivity contribution is 8.03. The summed E-state index contributed by atoms with van der Waals surface area (Å²) in [5, 5.41) is 20.0. The molecule has 0 unspecified atom stereocenters. The molecule has 4 rings (SSSR count). The van der Waals surface area contributed by atoms with E-state index in [1.807, 2.05) is 25.1 Å². The van der Waals surface area contributed by atoms with Crippen LogP contribution in [0.25, 0.3) is 0 Å². The highest BCUT2D eigenvalue weighted by atomic mass is 32.2. The minimum atomic E-state index is -1.05. The number of carboxylic acids is 1. The molecule has 5 atom stereocenters. The number of fused-ring (bicyclic) bond motifs is 1. The van der Waals surface area contributed by atoms with E-state index in [0.717, 1.165) is 18.0 Å². The average molecular weight is 403 g/mol. The molecule has 1 aromatic rings. The van der Waals surface area contributed by atoms with Crippen LogP contribution in [0.2, 0.25) is 0 Å². The fourth-order valence-electron chi connectivity index (χ4n) is 4.66. The number of hydrogen-bond acceptors (Lipinski definition) is 5. The van der Waals surface area contributed by atoms with Gasteiger partial charge in [0.25, 0.3) is 0 Å². The first-order valence-electron chi connectivity index (χ1n) is 9.75. The normalized spacial score (nSPS) is 29.9. The number of carbonyl (C=O) groups is 2. The number of aliphatic carboxylic acids is 1. The minimum Gasteiger partial charge on any atom is -0.477 e. The summed E-state index contributed by atoms with van der Waals surface area (Å²) in [7, 11) is 0. The summed E-state index contributed by atoms with van der Waals surface area (Å²) in [6.45, 7) is 7.55. The third kappa shape index (κ3) is 2.96. The lowest BCUT2D eigenvalue weighted by Crippen LogP contribution is -2.63. The van der Waals surface area contributed by atoms with Crippen LogP contribution >= 0.6 is 11.8 Å². The molecule has 28 heavy (non-hydrogen) atoms. The Bertz CT molecular complexity index is 819. The first-order valence-corrected chi connectivity index (χ1v) is 10.6. The predicted octanol–water partition coefficient (Wildman–Crippen LogP) is 2.32. The zero-order chi connectivity index (χ0) is 20.2. The number of carboxylic acid groups (broad SMARTS) is 1. The van der Waals surface area contributed by atoms with Gasteiger partial charge in [0.2, 0.25) is 5.91 Å². The molecule has 2 saturated heterocycles. The topological polar surface area (TPSA) is 81.1 Å². The Morgan fingerprint density at radius 2 is 1.86 bits per heavy atom. The van der Waals surface area contributed by atoms with Gasteiger partial charge in [0, 0.05) is 35.2 Å². The van der Waals surface area contributed by atoms with Crippen molar-refractivity contribution in [2.24, 2.45) is 11.8 Å². The SMILES string of the molecule is C[C@H](c1ccccc1)N1CC(SC2=C(C(=O)O)N3C(=O)[C@H]([C@@H](C)O)[C@H]3[C@H]2C)C1. The molecule has 0 aromatic heterocycles. The fraction of sp³-hybridized carbons (Fsp3) is 0.524. The van der Waals surface area contributed by atoms with E-state index < -0.39 is 18.0 Å². The van der Waals surface area contributed by atoms with E-state index in [9.17, 15) is 19.8 Å². The Morgan fingerprint density at radius 3 is 2.43 bits per heavy atom. The number of amides is 1. The van der Waals surface area contributed by atoms with E-state index in [0.29, 0.717) is 11.3 Å². The lowest BCUT2D eigenvalue weighted by atomic mass is 9.79. The van der Waals surface area contributed by atoms with E-state index in [2.05, 4.69) is 24.0 Å². The number of hydrogen-bond donors (Lipinski definition) is 2. The van der Waals surface area contributed by atoms with Gasteiger partial charge in [0.1, 0.15) is 5.70 Å². The maximum absolute atomic E-state index is 12.4. The van der Waals surface area contributed by atoms with Gasteiger partial charge in [0.05, 0.1) is 18.1 Å². The number of benzene rings is 1. The van der Waals surface area contributed by atoms with Crippen LogP contribution in [0.3, 0.4) is 0 Å². The summed E-state index contributed by atoms with van der Waals surface area (Å²) < 4.78 is 0. The number of carbonyl (C=O) groups excluding carboxylic acids is 1. The Labute approximate surface area is 169 Å². The van der Waals surface area contributed by atoms with Gasteiger partial charge in [-0.2, -0.15) is 0 Å². The number of aliphatic hydroxyl groups excluding tert-OH is 1. The maximum atomic E-state index is 12.4.